The molecule has 3 nitrogen and oxygen atoms in total. The van der Waals surface area contributed by atoms with E-state index < -0.39 is 0 Å². The minimum atomic E-state index is 0.127. The molecule has 0 bridgehead atoms. The third-order valence-electron chi connectivity index (χ3n) is 3.29. The lowest BCUT2D eigenvalue weighted by Gasteiger charge is -2.20. The Hall–Kier alpha value is -1.42. The van der Waals surface area contributed by atoms with Crippen LogP contribution in [0.1, 0.15) is 30.0 Å². The predicted octanol–water partition coefficient (Wildman–Crippen LogP) is 2.37. The number of thiocarbonyl (C=S) groups is 1. The van der Waals surface area contributed by atoms with Crippen molar-refractivity contribution in [2.24, 2.45) is 5.73 Å². The molecule has 2 N–H and O–H groups in total. The fraction of sp³-hybridized carbons (Fsp3) is 0.467. The molecule has 1 aromatic rings. The molecule has 0 unspecified atom stereocenters. The van der Waals surface area contributed by atoms with Gasteiger partial charge in [0.1, 0.15) is 0 Å². The molecule has 4 heteroatoms. The number of benzene rings is 1. The number of hydrogen-bond acceptors (Lipinski definition) is 2. The Labute approximate surface area is 120 Å². The van der Waals surface area contributed by atoms with Gasteiger partial charge in [0.25, 0.3) is 0 Å². The second kappa shape index (κ2) is 7.24. The summed E-state index contributed by atoms with van der Waals surface area (Å²) in [4.78, 5) is 14.5. The summed E-state index contributed by atoms with van der Waals surface area (Å²) >= 11 is 4.85. The van der Waals surface area contributed by atoms with E-state index in [1.54, 1.807) is 4.90 Å². The monoisotopic (exact) mass is 278 g/mol. The topological polar surface area (TPSA) is 46.3 Å². The normalized spacial score (nSPS) is 10.3. The second-order valence-corrected chi connectivity index (χ2v) is 5.31. The molecule has 0 radical (unpaired) electrons. The van der Waals surface area contributed by atoms with E-state index >= 15 is 0 Å². The summed E-state index contributed by atoms with van der Waals surface area (Å²) in [6.45, 7) is 7.40. The van der Waals surface area contributed by atoms with Crippen LogP contribution >= 0.6 is 12.2 Å². The van der Waals surface area contributed by atoms with Gasteiger partial charge in [-0.15, -0.1) is 0 Å². The van der Waals surface area contributed by atoms with E-state index in [-0.39, 0.29) is 5.91 Å². The highest BCUT2D eigenvalue weighted by Crippen LogP contribution is 2.11. The first-order valence-corrected chi connectivity index (χ1v) is 6.97. The van der Waals surface area contributed by atoms with E-state index in [1.165, 1.54) is 11.1 Å². The van der Waals surface area contributed by atoms with Crippen molar-refractivity contribution in [1.29, 1.82) is 0 Å². The van der Waals surface area contributed by atoms with E-state index in [9.17, 15) is 4.79 Å². The number of nitrogens with two attached hydrogens (primary N) is 1. The third-order valence-corrected chi connectivity index (χ3v) is 3.49. The zero-order valence-electron chi connectivity index (χ0n) is 11.9. The highest BCUT2D eigenvalue weighted by atomic mass is 32.1. The van der Waals surface area contributed by atoms with E-state index in [0.29, 0.717) is 30.9 Å². The maximum Gasteiger partial charge on any atom is 0.226 e. The van der Waals surface area contributed by atoms with E-state index in [2.05, 4.69) is 26.0 Å². The molecule has 0 aliphatic carbocycles. The van der Waals surface area contributed by atoms with Gasteiger partial charge in [-0.3, -0.25) is 4.79 Å². The van der Waals surface area contributed by atoms with Gasteiger partial charge in [0.15, 0.2) is 0 Å². The van der Waals surface area contributed by atoms with Crippen molar-refractivity contribution in [3.63, 3.8) is 0 Å². The second-order valence-electron chi connectivity index (χ2n) is 4.79. The number of likely N-dealkylation sites (N-methyl/N-ethyl adjacent to an activating group) is 1. The van der Waals surface area contributed by atoms with Gasteiger partial charge in [-0.05, 0) is 37.5 Å². The van der Waals surface area contributed by atoms with Crippen LogP contribution in [0.5, 0.6) is 0 Å². The molecule has 0 heterocycles. The van der Waals surface area contributed by atoms with Crippen molar-refractivity contribution in [2.45, 2.75) is 33.6 Å². The number of aryl methyl sites for hydroxylation is 2. The molecule has 0 saturated heterocycles. The fourth-order valence-electron chi connectivity index (χ4n) is 1.90. The number of carbonyl (C=O) groups is 1. The van der Waals surface area contributed by atoms with Crippen molar-refractivity contribution in [1.82, 2.24) is 4.90 Å². The quantitative estimate of drug-likeness (QED) is 0.813. The zero-order valence-corrected chi connectivity index (χ0v) is 12.7. The highest BCUT2D eigenvalue weighted by molar-refractivity contribution is 7.80. The summed E-state index contributed by atoms with van der Waals surface area (Å²) in [5.41, 5.74) is 9.00. The Bertz CT molecular complexity index is 471. The summed E-state index contributed by atoms with van der Waals surface area (Å²) < 4.78 is 0. The molecule has 0 atom stereocenters. The minimum Gasteiger partial charge on any atom is -0.393 e. The Morgan fingerprint density at radius 2 is 2.00 bits per heavy atom. The molecule has 0 aliphatic rings. The molecule has 0 aliphatic heterocycles. The predicted molar refractivity (Wildman–Crippen MR) is 83.3 cm³/mol. The molecular formula is C15H22N2OS. The Morgan fingerprint density at radius 1 is 1.32 bits per heavy atom. The van der Waals surface area contributed by atoms with Crippen LogP contribution in [-0.4, -0.2) is 28.9 Å². The molecule has 1 amide bonds. The van der Waals surface area contributed by atoms with E-state index in [0.717, 1.165) is 5.56 Å². The molecule has 19 heavy (non-hydrogen) atoms. The van der Waals surface area contributed by atoms with Gasteiger partial charge in [-0.1, -0.05) is 30.4 Å². The zero-order chi connectivity index (χ0) is 14.4. The molecule has 1 aromatic carbocycles. The SMILES string of the molecule is CCN(CCC(N)=S)C(=O)Cc1ccc(C)c(C)c1. The highest BCUT2D eigenvalue weighted by Gasteiger charge is 2.12. The smallest absolute Gasteiger partial charge is 0.226 e. The van der Waals surface area contributed by atoms with Crippen LogP contribution in [0.4, 0.5) is 0 Å². The number of hydrogen-bond donors (Lipinski definition) is 1. The van der Waals surface area contributed by atoms with Crippen molar-refractivity contribution in [2.75, 3.05) is 13.1 Å². The molecule has 0 aromatic heterocycles. The first-order chi connectivity index (χ1) is 8.93. The summed E-state index contributed by atoms with van der Waals surface area (Å²) in [6, 6.07) is 6.15. The average molecular weight is 278 g/mol. The largest absolute Gasteiger partial charge is 0.393 e. The Balaban J connectivity index is 2.65. The average Bonchev–Trinajstić information content (AvgIpc) is 2.34. The van der Waals surface area contributed by atoms with Crippen LogP contribution in [0.15, 0.2) is 18.2 Å². The van der Waals surface area contributed by atoms with Gasteiger partial charge in [-0.25, -0.2) is 0 Å². The molecule has 0 spiro atoms. The lowest BCUT2D eigenvalue weighted by molar-refractivity contribution is -0.130. The fourth-order valence-corrected chi connectivity index (χ4v) is 2.00. The standard InChI is InChI=1S/C15H22N2OS/c1-4-17(8-7-14(16)19)15(18)10-13-6-5-11(2)12(3)9-13/h5-6,9H,4,7-8,10H2,1-3H3,(H2,16,19). The van der Waals surface area contributed by atoms with Crippen LogP contribution in [0.25, 0.3) is 0 Å². The minimum absolute atomic E-state index is 0.127. The lowest BCUT2D eigenvalue weighted by atomic mass is 10.0. The van der Waals surface area contributed by atoms with E-state index in [4.69, 9.17) is 18.0 Å². The maximum atomic E-state index is 12.2. The first-order valence-electron chi connectivity index (χ1n) is 6.56. The molecular weight excluding hydrogens is 256 g/mol. The molecule has 0 fully saturated rings. The number of nitrogens with zero attached hydrogens (tertiary/aromatic N) is 1. The van der Waals surface area contributed by atoms with Crippen molar-refractivity contribution in [3.8, 4) is 0 Å². The summed E-state index contributed by atoms with van der Waals surface area (Å²) in [6.07, 6.45) is 1.02. The number of rotatable bonds is 6. The molecule has 104 valence electrons. The Kier molecular flexibility index (Phi) is 5.96. The third kappa shape index (κ3) is 4.99. The number of carbonyl (C=O) groups excluding carboxylic acids is 1. The first kappa shape index (κ1) is 15.6. The van der Waals surface area contributed by atoms with Crippen molar-refractivity contribution >= 4 is 23.1 Å². The van der Waals surface area contributed by atoms with Gasteiger partial charge < -0.3 is 10.6 Å². The van der Waals surface area contributed by atoms with Crippen LogP contribution in [0.3, 0.4) is 0 Å². The van der Waals surface area contributed by atoms with Gasteiger partial charge in [-0.2, -0.15) is 0 Å². The van der Waals surface area contributed by atoms with Gasteiger partial charge in [0.2, 0.25) is 5.91 Å². The van der Waals surface area contributed by atoms with Gasteiger partial charge in [0.05, 0.1) is 11.4 Å². The summed E-state index contributed by atoms with van der Waals surface area (Å²) in [5, 5.41) is 0. The summed E-state index contributed by atoms with van der Waals surface area (Å²) in [5.74, 6) is 0.127. The lowest BCUT2D eigenvalue weighted by Crippen LogP contribution is -2.34. The number of amides is 1. The van der Waals surface area contributed by atoms with Crippen LogP contribution < -0.4 is 5.73 Å². The van der Waals surface area contributed by atoms with Gasteiger partial charge in [0, 0.05) is 19.5 Å². The molecule has 1 rings (SSSR count). The van der Waals surface area contributed by atoms with Crippen LogP contribution in [0.2, 0.25) is 0 Å². The van der Waals surface area contributed by atoms with Crippen molar-refractivity contribution < 1.29 is 4.79 Å². The Morgan fingerprint density at radius 3 is 2.53 bits per heavy atom. The van der Waals surface area contributed by atoms with Crippen LogP contribution in [0, 0.1) is 13.8 Å². The van der Waals surface area contributed by atoms with E-state index in [1.807, 2.05) is 13.0 Å². The maximum absolute atomic E-state index is 12.2. The van der Waals surface area contributed by atoms with Gasteiger partial charge >= 0.3 is 0 Å². The van der Waals surface area contributed by atoms with Crippen LogP contribution in [-0.2, 0) is 11.2 Å². The van der Waals surface area contributed by atoms with Crippen molar-refractivity contribution in [3.05, 3.63) is 34.9 Å². The molecule has 0 saturated carbocycles. The summed E-state index contributed by atoms with van der Waals surface area (Å²) in [7, 11) is 0.